The van der Waals surface area contributed by atoms with Crippen LogP contribution in [0.25, 0.3) is 10.2 Å². The fourth-order valence-corrected chi connectivity index (χ4v) is 4.93. The van der Waals surface area contributed by atoms with Crippen molar-refractivity contribution in [1.29, 1.82) is 0 Å². The minimum absolute atomic E-state index is 0.274. The van der Waals surface area contributed by atoms with Crippen LogP contribution in [0.3, 0.4) is 0 Å². The molecule has 0 saturated heterocycles. The lowest BCUT2D eigenvalue weighted by Crippen LogP contribution is -2.29. The maximum Gasteiger partial charge on any atom is 0.243 e. The lowest BCUT2D eigenvalue weighted by Gasteiger charge is -2.22. The van der Waals surface area contributed by atoms with Gasteiger partial charge in [-0.25, -0.2) is 13.4 Å². The van der Waals surface area contributed by atoms with Crippen molar-refractivity contribution in [2.45, 2.75) is 17.9 Å². The van der Waals surface area contributed by atoms with Crippen molar-refractivity contribution in [3.05, 3.63) is 58.0 Å². The van der Waals surface area contributed by atoms with Crippen LogP contribution in [-0.2, 0) is 10.0 Å². The number of para-hydroxylation sites is 1. The van der Waals surface area contributed by atoms with Crippen molar-refractivity contribution < 1.29 is 8.42 Å². The number of fused-ring (bicyclic) bond motifs is 1. The Labute approximate surface area is 148 Å². The minimum atomic E-state index is -3.56. The SMILES string of the molecule is C[C@@H](c1nc2ccccc2s1)N(C)S(=O)(=O)c1ccc(Br)cc1. The van der Waals surface area contributed by atoms with E-state index in [0.29, 0.717) is 0 Å². The zero-order valence-electron chi connectivity index (χ0n) is 12.6. The van der Waals surface area contributed by atoms with Crippen molar-refractivity contribution in [3.8, 4) is 0 Å². The van der Waals surface area contributed by atoms with Crippen LogP contribution in [0.15, 0.2) is 57.9 Å². The smallest absolute Gasteiger partial charge is 0.239 e. The zero-order chi connectivity index (χ0) is 16.6. The molecule has 3 aromatic rings. The molecule has 0 N–H and O–H groups in total. The van der Waals surface area contributed by atoms with Gasteiger partial charge < -0.3 is 0 Å². The number of thiazole rings is 1. The highest BCUT2D eigenvalue weighted by Crippen LogP contribution is 2.31. The molecule has 0 unspecified atom stereocenters. The molecule has 0 bridgehead atoms. The summed E-state index contributed by atoms with van der Waals surface area (Å²) in [7, 11) is -1.97. The molecule has 0 radical (unpaired) electrons. The van der Waals surface area contributed by atoms with E-state index in [4.69, 9.17) is 0 Å². The Morgan fingerprint density at radius 3 is 2.43 bits per heavy atom. The predicted molar refractivity (Wildman–Crippen MR) is 97.1 cm³/mol. The largest absolute Gasteiger partial charge is 0.243 e. The van der Waals surface area contributed by atoms with Crippen LogP contribution in [0.1, 0.15) is 18.0 Å². The van der Waals surface area contributed by atoms with Gasteiger partial charge in [-0.15, -0.1) is 11.3 Å². The Balaban J connectivity index is 1.94. The second-order valence-electron chi connectivity index (χ2n) is 5.17. The Hall–Kier alpha value is -1.28. The van der Waals surface area contributed by atoms with E-state index in [2.05, 4.69) is 20.9 Å². The Morgan fingerprint density at radius 2 is 1.78 bits per heavy atom. The topological polar surface area (TPSA) is 50.3 Å². The summed E-state index contributed by atoms with van der Waals surface area (Å²) in [5.74, 6) is 0. The Morgan fingerprint density at radius 1 is 1.13 bits per heavy atom. The van der Waals surface area contributed by atoms with Gasteiger partial charge in [-0.05, 0) is 43.3 Å². The number of sulfonamides is 1. The maximum absolute atomic E-state index is 12.8. The second-order valence-corrected chi connectivity index (χ2v) is 9.15. The van der Waals surface area contributed by atoms with Gasteiger partial charge in [-0.3, -0.25) is 0 Å². The predicted octanol–water partition coefficient (Wildman–Crippen LogP) is 4.44. The second kappa shape index (κ2) is 6.32. The van der Waals surface area contributed by atoms with Crippen LogP contribution in [0.5, 0.6) is 0 Å². The van der Waals surface area contributed by atoms with Crippen molar-refractivity contribution >= 4 is 47.5 Å². The first kappa shape index (κ1) is 16.6. The molecule has 0 fully saturated rings. The van der Waals surface area contributed by atoms with E-state index < -0.39 is 10.0 Å². The summed E-state index contributed by atoms with van der Waals surface area (Å²) in [5, 5.41) is 0.786. The molecule has 4 nitrogen and oxygen atoms in total. The lowest BCUT2D eigenvalue weighted by atomic mass is 10.3. The fourth-order valence-electron chi connectivity index (χ4n) is 2.21. The van der Waals surface area contributed by atoms with Gasteiger partial charge in [0.1, 0.15) is 5.01 Å². The minimum Gasteiger partial charge on any atom is -0.239 e. The first-order chi connectivity index (χ1) is 10.9. The Bertz CT molecular complexity index is 903. The van der Waals surface area contributed by atoms with Gasteiger partial charge in [-0.1, -0.05) is 28.1 Å². The third kappa shape index (κ3) is 3.19. The summed E-state index contributed by atoms with van der Waals surface area (Å²) < 4.78 is 28.8. The standard InChI is InChI=1S/C16H15BrN2O2S2/c1-11(16-18-14-5-3-4-6-15(14)22-16)19(2)23(20,21)13-9-7-12(17)8-10-13/h3-11H,1-2H3/t11-/m0/s1. The number of rotatable bonds is 4. The van der Waals surface area contributed by atoms with Gasteiger partial charge >= 0.3 is 0 Å². The monoisotopic (exact) mass is 410 g/mol. The molecule has 1 heterocycles. The molecule has 0 spiro atoms. The van der Waals surface area contributed by atoms with E-state index in [0.717, 1.165) is 19.7 Å². The summed E-state index contributed by atoms with van der Waals surface area (Å²) in [4.78, 5) is 4.83. The molecular formula is C16H15BrN2O2S2. The van der Waals surface area contributed by atoms with Crippen molar-refractivity contribution in [1.82, 2.24) is 9.29 Å². The first-order valence-corrected chi connectivity index (χ1v) is 10.0. The average Bonchev–Trinajstić information content (AvgIpc) is 2.98. The number of benzene rings is 2. The van der Waals surface area contributed by atoms with E-state index in [1.54, 1.807) is 31.3 Å². The summed E-state index contributed by atoms with van der Waals surface area (Å²) >= 11 is 4.84. The van der Waals surface area contributed by atoms with Crippen molar-refractivity contribution in [2.24, 2.45) is 0 Å². The number of halogens is 1. The van der Waals surface area contributed by atoms with E-state index >= 15 is 0 Å². The molecule has 3 rings (SSSR count). The third-order valence-corrected chi connectivity index (χ3v) is 7.38. The quantitative estimate of drug-likeness (QED) is 0.638. The molecule has 1 aromatic heterocycles. The maximum atomic E-state index is 12.8. The van der Waals surface area contributed by atoms with Crippen LogP contribution in [0.4, 0.5) is 0 Å². The van der Waals surface area contributed by atoms with Gasteiger partial charge in [-0.2, -0.15) is 4.31 Å². The van der Waals surface area contributed by atoms with E-state index in [1.165, 1.54) is 15.6 Å². The molecule has 0 amide bonds. The van der Waals surface area contributed by atoms with Crippen LogP contribution >= 0.6 is 27.3 Å². The highest BCUT2D eigenvalue weighted by molar-refractivity contribution is 9.10. The summed E-state index contributed by atoms with van der Waals surface area (Å²) in [5.41, 5.74) is 0.897. The van der Waals surface area contributed by atoms with Crippen LogP contribution in [-0.4, -0.2) is 24.8 Å². The molecule has 7 heteroatoms. The van der Waals surface area contributed by atoms with E-state index in [1.807, 2.05) is 31.2 Å². The van der Waals surface area contributed by atoms with Gasteiger partial charge in [0.05, 0.1) is 21.2 Å². The highest BCUT2D eigenvalue weighted by atomic mass is 79.9. The van der Waals surface area contributed by atoms with Crippen LogP contribution in [0, 0.1) is 0 Å². The van der Waals surface area contributed by atoms with Gasteiger partial charge in [0.2, 0.25) is 10.0 Å². The van der Waals surface area contributed by atoms with Crippen molar-refractivity contribution in [2.75, 3.05) is 7.05 Å². The first-order valence-electron chi connectivity index (χ1n) is 6.98. The van der Waals surface area contributed by atoms with Gasteiger partial charge in [0.15, 0.2) is 0 Å². The fraction of sp³-hybridized carbons (Fsp3) is 0.188. The number of nitrogens with zero attached hydrogens (tertiary/aromatic N) is 2. The van der Waals surface area contributed by atoms with Gasteiger partial charge in [0, 0.05) is 11.5 Å². The molecule has 120 valence electrons. The molecule has 0 aliphatic carbocycles. The number of aromatic nitrogens is 1. The molecular weight excluding hydrogens is 396 g/mol. The number of hydrogen-bond donors (Lipinski definition) is 0. The molecule has 0 aliphatic heterocycles. The van der Waals surface area contributed by atoms with Crippen LogP contribution < -0.4 is 0 Å². The molecule has 0 saturated carbocycles. The molecule has 23 heavy (non-hydrogen) atoms. The summed E-state index contributed by atoms with van der Waals surface area (Å²) in [6.45, 7) is 1.86. The molecule has 0 aliphatic rings. The van der Waals surface area contributed by atoms with E-state index in [-0.39, 0.29) is 10.9 Å². The highest BCUT2D eigenvalue weighted by Gasteiger charge is 2.28. The average molecular weight is 411 g/mol. The van der Waals surface area contributed by atoms with Gasteiger partial charge in [0.25, 0.3) is 0 Å². The zero-order valence-corrected chi connectivity index (χ0v) is 15.8. The summed E-state index contributed by atoms with van der Waals surface area (Å²) in [6.07, 6.45) is 0. The lowest BCUT2D eigenvalue weighted by molar-refractivity contribution is 0.398. The normalized spacial score (nSPS) is 13.6. The molecule has 1 atom stereocenters. The third-order valence-electron chi connectivity index (χ3n) is 3.70. The van der Waals surface area contributed by atoms with E-state index in [9.17, 15) is 8.42 Å². The summed E-state index contributed by atoms with van der Waals surface area (Å²) in [6, 6.07) is 14.1. The Kier molecular flexibility index (Phi) is 4.55. The number of hydrogen-bond acceptors (Lipinski definition) is 4. The van der Waals surface area contributed by atoms with Crippen LogP contribution in [0.2, 0.25) is 0 Å². The molecule has 2 aromatic carbocycles. The van der Waals surface area contributed by atoms with Crippen molar-refractivity contribution in [3.63, 3.8) is 0 Å².